The molecule has 15 heteroatoms. The van der Waals surface area contributed by atoms with Gasteiger partial charge in [-0.25, -0.2) is 18.2 Å². The van der Waals surface area contributed by atoms with Gasteiger partial charge in [0.2, 0.25) is 15.9 Å². The van der Waals surface area contributed by atoms with E-state index in [4.69, 9.17) is 0 Å². The van der Waals surface area contributed by atoms with E-state index in [0.717, 1.165) is 63.9 Å². The Labute approximate surface area is 257 Å². The van der Waals surface area contributed by atoms with Crippen LogP contribution in [0.5, 0.6) is 5.75 Å². The van der Waals surface area contributed by atoms with Gasteiger partial charge in [0.1, 0.15) is 16.7 Å². The number of rotatable bonds is 11. The molecule has 2 N–H and O–H groups in total. The number of aromatic carboxylic acids is 1. The number of piperazine rings is 1. The highest BCUT2D eigenvalue weighted by atomic mass is 32.2. The number of carboxylic acid groups (broad SMARTS) is 1. The van der Waals surface area contributed by atoms with Gasteiger partial charge in [-0.1, -0.05) is 49.8 Å². The van der Waals surface area contributed by atoms with Crippen molar-refractivity contribution in [3.8, 4) is 5.75 Å². The van der Waals surface area contributed by atoms with Gasteiger partial charge in [0.05, 0.1) is 10.6 Å². The first-order valence-corrected chi connectivity index (χ1v) is 16.2. The molecule has 44 heavy (non-hydrogen) atoms. The van der Waals surface area contributed by atoms with E-state index < -0.39 is 40.1 Å². The first-order chi connectivity index (χ1) is 20.7. The van der Waals surface area contributed by atoms with Crippen LogP contribution in [-0.4, -0.2) is 66.7 Å². The number of carboxylic acids is 1. The van der Waals surface area contributed by atoms with E-state index in [0.29, 0.717) is 17.2 Å². The molecular weight excluding hydrogens is 621 g/mol. The van der Waals surface area contributed by atoms with Crippen molar-refractivity contribution in [2.75, 3.05) is 24.5 Å². The molecule has 10 nitrogen and oxygen atoms in total. The number of amides is 1. The van der Waals surface area contributed by atoms with Crippen LogP contribution < -0.4 is 15.0 Å². The Kier molecular flexibility index (Phi) is 10.2. The first-order valence-electron chi connectivity index (χ1n) is 13.9. The summed E-state index contributed by atoms with van der Waals surface area (Å²) in [7, 11) is -4.35. The lowest BCUT2D eigenvalue weighted by Gasteiger charge is -2.39. The summed E-state index contributed by atoms with van der Waals surface area (Å²) in [6, 6.07) is 8.47. The Morgan fingerprint density at radius 3 is 2.41 bits per heavy atom. The smallest absolute Gasteiger partial charge is 0.477 e. The maximum Gasteiger partial charge on any atom is 0.573 e. The summed E-state index contributed by atoms with van der Waals surface area (Å²) in [5, 5.41) is 12.8. The Morgan fingerprint density at radius 1 is 1.14 bits per heavy atom. The minimum absolute atomic E-state index is 0.0710. The number of aryl methyl sites for hydroxylation is 3. The minimum atomic E-state index is -4.94. The molecule has 238 valence electrons. The number of benzene rings is 2. The van der Waals surface area contributed by atoms with Gasteiger partial charge in [0.25, 0.3) is 0 Å². The van der Waals surface area contributed by atoms with E-state index in [1.807, 2.05) is 25.1 Å². The van der Waals surface area contributed by atoms with Crippen molar-refractivity contribution in [1.29, 1.82) is 0 Å². The Hall–Kier alpha value is -3.69. The number of nitrogens with zero attached hydrogens (tertiary/aromatic N) is 3. The topological polar surface area (TPSA) is 129 Å². The Morgan fingerprint density at radius 2 is 1.84 bits per heavy atom. The van der Waals surface area contributed by atoms with Gasteiger partial charge in [-0.05, 0) is 60.7 Å². The summed E-state index contributed by atoms with van der Waals surface area (Å²) in [6.07, 6.45) is -2.66. The molecule has 0 bridgehead atoms. The monoisotopic (exact) mass is 654 g/mol. The largest absolute Gasteiger partial charge is 0.573 e. The lowest BCUT2D eigenvalue weighted by Crippen LogP contribution is -2.60. The number of nitrogens with one attached hydrogen (secondary N) is 1. The highest BCUT2D eigenvalue weighted by Gasteiger charge is 2.41. The van der Waals surface area contributed by atoms with Gasteiger partial charge < -0.3 is 20.1 Å². The number of thiazole rings is 1. The molecule has 1 aliphatic heterocycles. The molecule has 0 unspecified atom stereocenters. The molecule has 1 atom stereocenters. The van der Waals surface area contributed by atoms with Crippen molar-refractivity contribution in [1.82, 2.24) is 14.6 Å². The third-order valence-corrected chi connectivity index (χ3v) is 10.3. The maximum absolute atomic E-state index is 13.7. The average molecular weight is 655 g/mol. The molecule has 2 heterocycles. The molecule has 0 aliphatic carbocycles. The van der Waals surface area contributed by atoms with Crippen molar-refractivity contribution >= 4 is 38.4 Å². The van der Waals surface area contributed by atoms with Crippen molar-refractivity contribution in [3.63, 3.8) is 0 Å². The van der Waals surface area contributed by atoms with Crippen LogP contribution >= 0.6 is 11.3 Å². The third kappa shape index (κ3) is 7.68. The second-order valence-electron chi connectivity index (χ2n) is 10.3. The van der Waals surface area contributed by atoms with Crippen LogP contribution in [0.2, 0.25) is 0 Å². The minimum Gasteiger partial charge on any atom is -0.477 e. The second kappa shape index (κ2) is 13.5. The molecule has 3 aromatic rings. The van der Waals surface area contributed by atoms with Gasteiger partial charge in [0.15, 0.2) is 5.13 Å². The summed E-state index contributed by atoms with van der Waals surface area (Å²) in [4.78, 5) is 31.3. The number of ether oxygens (including phenoxy) is 1. The lowest BCUT2D eigenvalue weighted by atomic mass is 10.0. The van der Waals surface area contributed by atoms with E-state index in [2.05, 4.69) is 22.0 Å². The SMILES string of the molecule is CCCc1ccc(CNC(=O)[C@H]2CN(c3nc(CC)c(C(=O)O)s3)CCN2S(=O)(=O)c2ccc(OC(F)(F)F)cc2)c(C)c1. The quantitative estimate of drug-likeness (QED) is 0.303. The molecular formula is C29H33F3N4O6S2. The molecule has 1 saturated heterocycles. The van der Waals surface area contributed by atoms with E-state index in [1.54, 1.807) is 11.8 Å². The molecule has 0 spiro atoms. The molecule has 0 saturated carbocycles. The summed E-state index contributed by atoms with van der Waals surface area (Å²) >= 11 is 0.951. The molecule has 1 fully saturated rings. The maximum atomic E-state index is 13.7. The Bertz CT molecular complexity index is 1610. The number of hydrogen-bond donors (Lipinski definition) is 2. The number of halogens is 3. The zero-order valence-corrected chi connectivity index (χ0v) is 26.0. The summed E-state index contributed by atoms with van der Waals surface area (Å²) in [5.74, 6) is -2.29. The number of anilines is 1. The zero-order chi connectivity index (χ0) is 32.2. The van der Waals surface area contributed by atoms with E-state index >= 15 is 0 Å². The van der Waals surface area contributed by atoms with E-state index in [-0.39, 0.29) is 36.0 Å². The molecule has 4 rings (SSSR count). The number of aromatic nitrogens is 1. The number of carbonyl (C=O) groups is 2. The number of carbonyl (C=O) groups excluding carboxylic acids is 1. The fourth-order valence-corrected chi connectivity index (χ4v) is 7.57. The lowest BCUT2D eigenvalue weighted by molar-refractivity contribution is -0.274. The van der Waals surface area contributed by atoms with Gasteiger partial charge in [0, 0.05) is 26.2 Å². The highest BCUT2D eigenvalue weighted by molar-refractivity contribution is 7.89. The van der Waals surface area contributed by atoms with Crippen LogP contribution in [-0.2, 0) is 34.2 Å². The van der Waals surface area contributed by atoms with Crippen molar-refractivity contribution < 1.29 is 41.0 Å². The normalized spacial score (nSPS) is 16.1. The summed E-state index contributed by atoms with van der Waals surface area (Å²) < 4.78 is 70.2. The van der Waals surface area contributed by atoms with Crippen LogP contribution in [0.25, 0.3) is 0 Å². The summed E-state index contributed by atoms with van der Waals surface area (Å²) in [5.41, 5.74) is 3.39. The van der Waals surface area contributed by atoms with E-state index in [9.17, 15) is 36.3 Å². The van der Waals surface area contributed by atoms with Gasteiger partial charge in [-0.15, -0.1) is 13.2 Å². The zero-order valence-electron chi connectivity index (χ0n) is 24.3. The van der Waals surface area contributed by atoms with Gasteiger partial charge >= 0.3 is 12.3 Å². The van der Waals surface area contributed by atoms with E-state index in [1.165, 1.54) is 5.56 Å². The highest BCUT2D eigenvalue weighted by Crippen LogP contribution is 2.31. The van der Waals surface area contributed by atoms with Gasteiger partial charge in [-0.3, -0.25) is 4.79 Å². The van der Waals surface area contributed by atoms with Crippen molar-refractivity contribution in [3.05, 3.63) is 69.7 Å². The number of alkyl halides is 3. The first kappa shape index (κ1) is 33.2. The predicted molar refractivity (Wildman–Crippen MR) is 158 cm³/mol. The third-order valence-electron chi connectivity index (χ3n) is 7.18. The van der Waals surface area contributed by atoms with Crippen LogP contribution in [0, 0.1) is 6.92 Å². The molecule has 1 aromatic heterocycles. The molecule has 2 aromatic carbocycles. The van der Waals surface area contributed by atoms with Crippen molar-refractivity contribution in [2.24, 2.45) is 0 Å². The fraction of sp³-hybridized carbons (Fsp3) is 0.414. The van der Waals surface area contributed by atoms with Crippen molar-refractivity contribution in [2.45, 2.75) is 63.9 Å². The number of sulfonamides is 1. The Balaban J connectivity index is 1.62. The predicted octanol–water partition coefficient (Wildman–Crippen LogP) is 4.76. The van der Waals surface area contributed by atoms with Crippen LogP contribution in [0.4, 0.5) is 18.3 Å². The molecule has 0 radical (unpaired) electrons. The second-order valence-corrected chi connectivity index (χ2v) is 13.1. The number of hydrogen-bond acceptors (Lipinski definition) is 8. The molecule has 1 amide bonds. The van der Waals surface area contributed by atoms with Crippen LogP contribution in [0.1, 0.15) is 52.3 Å². The van der Waals surface area contributed by atoms with Crippen LogP contribution in [0.15, 0.2) is 47.4 Å². The van der Waals surface area contributed by atoms with Gasteiger partial charge in [-0.2, -0.15) is 4.31 Å². The van der Waals surface area contributed by atoms with Crippen LogP contribution in [0.3, 0.4) is 0 Å². The average Bonchev–Trinajstić information content (AvgIpc) is 3.41. The fourth-order valence-electron chi connectivity index (χ4n) is 4.97. The molecule has 1 aliphatic rings. The summed E-state index contributed by atoms with van der Waals surface area (Å²) in [6.45, 7) is 5.75. The standard InChI is InChI=1S/C29H33F3N4O6S2/c1-4-6-19-7-8-20(18(3)15-19)16-33-26(37)24-17-35(28-34-23(5-2)25(43-28)27(38)39)13-14-36(24)44(40,41)22-11-9-21(10-12-22)42-29(30,31)32/h7-12,15,24H,4-6,13-14,16-17H2,1-3H3,(H,33,37)(H,38,39)/t24-/m1/s1.